The fraction of sp³-hybridized carbons (Fsp3) is 0.833. The van der Waals surface area contributed by atoms with E-state index in [1.54, 1.807) is 0 Å². The average molecular weight is 182 g/mol. The van der Waals surface area contributed by atoms with Crippen molar-refractivity contribution in [2.45, 2.75) is 59.3 Å². The molecule has 76 valence electrons. The Morgan fingerprint density at radius 1 is 1.23 bits per heavy atom. The highest BCUT2D eigenvalue weighted by Gasteiger charge is 2.08. The van der Waals surface area contributed by atoms with Gasteiger partial charge in [0.15, 0.2) is 0 Å². The molecule has 1 unspecified atom stereocenters. The molecule has 0 aliphatic rings. The second-order valence-electron chi connectivity index (χ2n) is 3.74. The maximum atomic E-state index is 10.4. The monoisotopic (exact) mass is 182 g/mol. The molecule has 0 aromatic heterocycles. The summed E-state index contributed by atoms with van der Waals surface area (Å²) in [5.41, 5.74) is 0.902. The average Bonchev–Trinajstić information content (AvgIpc) is 2.17. The SMILES string of the molecule is CCCCCCC(CC)C(C)=C=O. The van der Waals surface area contributed by atoms with E-state index in [9.17, 15) is 4.79 Å². The topological polar surface area (TPSA) is 17.1 Å². The summed E-state index contributed by atoms with van der Waals surface area (Å²) in [6.07, 6.45) is 7.40. The summed E-state index contributed by atoms with van der Waals surface area (Å²) >= 11 is 0. The van der Waals surface area contributed by atoms with E-state index in [0.717, 1.165) is 18.4 Å². The summed E-state index contributed by atoms with van der Waals surface area (Å²) in [5.74, 6) is 2.50. The molecule has 0 aromatic carbocycles. The fourth-order valence-electron chi connectivity index (χ4n) is 1.63. The van der Waals surface area contributed by atoms with E-state index < -0.39 is 0 Å². The van der Waals surface area contributed by atoms with Crippen molar-refractivity contribution in [3.8, 4) is 0 Å². The molecule has 1 heteroatoms. The molecule has 0 amide bonds. The van der Waals surface area contributed by atoms with Crippen LogP contribution in [-0.2, 0) is 4.79 Å². The Morgan fingerprint density at radius 2 is 1.92 bits per heavy atom. The first-order valence-electron chi connectivity index (χ1n) is 5.47. The lowest BCUT2D eigenvalue weighted by atomic mass is 9.92. The van der Waals surface area contributed by atoms with Crippen LogP contribution in [0.15, 0.2) is 5.57 Å². The Hall–Kier alpha value is -0.550. The van der Waals surface area contributed by atoms with Crippen molar-refractivity contribution < 1.29 is 4.79 Å². The van der Waals surface area contributed by atoms with Crippen molar-refractivity contribution in [2.75, 3.05) is 0 Å². The first-order valence-corrected chi connectivity index (χ1v) is 5.47. The Kier molecular flexibility index (Phi) is 7.73. The largest absolute Gasteiger partial charge is 0.234 e. The third-order valence-corrected chi connectivity index (χ3v) is 2.67. The van der Waals surface area contributed by atoms with Gasteiger partial charge in [-0.05, 0) is 25.7 Å². The van der Waals surface area contributed by atoms with Crippen molar-refractivity contribution in [2.24, 2.45) is 5.92 Å². The van der Waals surface area contributed by atoms with Crippen LogP contribution in [0.5, 0.6) is 0 Å². The lowest BCUT2D eigenvalue weighted by Gasteiger charge is -2.12. The summed E-state index contributed by atoms with van der Waals surface area (Å²) in [6.45, 7) is 6.26. The smallest absolute Gasteiger partial charge is 0.123 e. The molecule has 0 aliphatic carbocycles. The van der Waals surface area contributed by atoms with Gasteiger partial charge in [0, 0.05) is 5.57 Å². The highest BCUT2D eigenvalue weighted by atomic mass is 16.1. The van der Waals surface area contributed by atoms with Crippen LogP contribution in [-0.4, -0.2) is 5.94 Å². The van der Waals surface area contributed by atoms with E-state index in [-0.39, 0.29) is 0 Å². The molecule has 0 aliphatic heterocycles. The zero-order valence-electron chi connectivity index (χ0n) is 9.23. The quantitative estimate of drug-likeness (QED) is 0.433. The molecule has 0 fully saturated rings. The van der Waals surface area contributed by atoms with Gasteiger partial charge in [-0.25, -0.2) is 4.79 Å². The Balaban J connectivity index is 3.66. The molecule has 0 radical (unpaired) electrons. The molecular formula is C12H22O. The van der Waals surface area contributed by atoms with Gasteiger partial charge in [0.25, 0.3) is 0 Å². The minimum absolute atomic E-state index is 0.481. The minimum Gasteiger partial charge on any atom is -0.234 e. The molecule has 1 atom stereocenters. The number of hydrogen-bond acceptors (Lipinski definition) is 1. The molecule has 0 aromatic rings. The molecule has 0 rings (SSSR count). The summed E-state index contributed by atoms with van der Waals surface area (Å²) in [7, 11) is 0. The van der Waals surface area contributed by atoms with Crippen LogP contribution >= 0.6 is 0 Å². The van der Waals surface area contributed by atoms with E-state index >= 15 is 0 Å². The van der Waals surface area contributed by atoms with E-state index in [2.05, 4.69) is 13.8 Å². The Morgan fingerprint density at radius 3 is 2.38 bits per heavy atom. The molecule has 1 nitrogen and oxygen atoms in total. The van der Waals surface area contributed by atoms with Crippen LogP contribution < -0.4 is 0 Å². The van der Waals surface area contributed by atoms with Gasteiger partial charge in [0.05, 0.1) is 0 Å². The summed E-state index contributed by atoms with van der Waals surface area (Å²) in [4.78, 5) is 10.4. The summed E-state index contributed by atoms with van der Waals surface area (Å²) in [5, 5.41) is 0. The zero-order valence-corrected chi connectivity index (χ0v) is 9.23. The lowest BCUT2D eigenvalue weighted by Crippen LogP contribution is -2.01. The van der Waals surface area contributed by atoms with E-state index in [1.165, 1.54) is 25.7 Å². The fourth-order valence-corrected chi connectivity index (χ4v) is 1.63. The van der Waals surface area contributed by atoms with Crippen LogP contribution in [0.2, 0.25) is 0 Å². The van der Waals surface area contributed by atoms with Crippen molar-refractivity contribution in [1.82, 2.24) is 0 Å². The van der Waals surface area contributed by atoms with Crippen molar-refractivity contribution in [3.63, 3.8) is 0 Å². The molecule has 13 heavy (non-hydrogen) atoms. The number of allylic oxidation sites excluding steroid dienone is 1. The van der Waals surface area contributed by atoms with Gasteiger partial charge < -0.3 is 0 Å². The van der Waals surface area contributed by atoms with Gasteiger partial charge in [-0.3, -0.25) is 0 Å². The highest BCUT2D eigenvalue weighted by Crippen LogP contribution is 2.19. The molecular weight excluding hydrogens is 160 g/mol. The number of hydrogen-bond donors (Lipinski definition) is 0. The molecule has 0 bridgehead atoms. The van der Waals surface area contributed by atoms with Gasteiger partial charge in [-0.1, -0.05) is 39.5 Å². The van der Waals surface area contributed by atoms with Gasteiger partial charge >= 0.3 is 0 Å². The number of rotatable bonds is 7. The molecule has 0 heterocycles. The number of unbranched alkanes of at least 4 members (excludes halogenated alkanes) is 3. The van der Waals surface area contributed by atoms with Crippen molar-refractivity contribution >= 4 is 5.94 Å². The summed E-state index contributed by atoms with van der Waals surface area (Å²) < 4.78 is 0. The first kappa shape index (κ1) is 12.4. The van der Waals surface area contributed by atoms with Gasteiger partial charge in [0.1, 0.15) is 5.94 Å². The van der Waals surface area contributed by atoms with Gasteiger partial charge in [-0.2, -0.15) is 0 Å². The predicted molar refractivity (Wildman–Crippen MR) is 57.4 cm³/mol. The van der Waals surface area contributed by atoms with Crippen LogP contribution in [0.3, 0.4) is 0 Å². The summed E-state index contributed by atoms with van der Waals surface area (Å²) in [6, 6.07) is 0. The van der Waals surface area contributed by atoms with Crippen LogP contribution in [0.4, 0.5) is 0 Å². The van der Waals surface area contributed by atoms with Crippen molar-refractivity contribution in [1.29, 1.82) is 0 Å². The van der Waals surface area contributed by atoms with Crippen LogP contribution in [0, 0.1) is 5.92 Å². The van der Waals surface area contributed by atoms with E-state index in [1.807, 2.05) is 12.9 Å². The lowest BCUT2D eigenvalue weighted by molar-refractivity contribution is 0.493. The molecule has 0 saturated carbocycles. The molecule has 0 N–H and O–H groups in total. The minimum atomic E-state index is 0.481. The van der Waals surface area contributed by atoms with Gasteiger partial charge in [-0.15, -0.1) is 0 Å². The van der Waals surface area contributed by atoms with Crippen LogP contribution in [0.1, 0.15) is 59.3 Å². The van der Waals surface area contributed by atoms with Crippen molar-refractivity contribution in [3.05, 3.63) is 5.57 Å². The molecule has 0 spiro atoms. The number of carbonyl (C=O) groups excluding carboxylic acids is 1. The first-order chi connectivity index (χ1) is 6.26. The van der Waals surface area contributed by atoms with Gasteiger partial charge in [0.2, 0.25) is 0 Å². The maximum Gasteiger partial charge on any atom is 0.123 e. The van der Waals surface area contributed by atoms with Crippen LogP contribution in [0.25, 0.3) is 0 Å². The second kappa shape index (κ2) is 8.07. The maximum absolute atomic E-state index is 10.4. The molecule has 0 saturated heterocycles. The Bertz CT molecular complexity index is 166. The predicted octanol–water partition coefficient (Wildman–Crippen LogP) is 3.76. The zero-order chi connectivity index (χ0) is 10.1. The standard InChI is InChI=1S/C12H22O/c1-4-6-7-8-9-12(5-2)11(3)10-13/h12H,4-9H2,1-3H3. The van der Waals surface area contributed by atoms with E-state index in [0.29, 0.717) is 5.92 Å². The third kappa shape index (κ3) is 5.65. The third-order valence-electron chi connectivity index (χ3n) is 2.67. The highest BCUT2D eigenvalue weighted by molar-refractivity contribution is 5.52. The second-order valence-corrected chi connectivity index (χ2v) is 3.74. The Labute approximate surface area is 82.2 Å². The van der Waals surface area contributed by atoms with E-state index in [4.69, 9.17) is 0 Å². The normalized spacial score (nSPS) is 12.2.